The van der Waals surface area contributed by atoms with Crippen molar-refractivity contribution >= 4 is 46.1 Å². The van der Waals surface area contributed by atoms with Crippen LogP contribution >= 0.6 is 24.4 Å². The molecular formula is C17H25N7S2. The minimum Gasteiger partial charge on any atom is -0.364 e. The van der Waals surface area contributed by atoms with Gasteiger partial charge in [0.05, 0.1) is 11.4 Å². The summed E-state index contributed by atoms with van der Waals surface area (Å²) in [7, 11) is 3.50. The highest BCUT2D eigenvalue weighted by atomic mass is 32.1. The molecule has 0 bridgehead atoms. The van der Waals surface area contributed by atoms with Crippen molar-refractivity contribution in [3.05, 3.63) is 30.1 Å². The molecule has 140 valence electrons. The second kappa shape index (κ2) is 9.54. The number of rotatable bonds is 5. The Balaban J connectivity index is 2.46. The van der Waals surface area contributed by atoms with Crippen molar-refractivity contribution < 1.29 is 0 Å². The van der Waals surface area contributed by atoms with E-state index >= 15 is 0 Å². The highest BCUT2D eigenvalue weighted by Gasteiger charge is 2.42. The van der Waals surface area contributed by atoms with Crippen LogP contribution in [0.5, 0.6) is 0 Å². The normalized spacial score (nSPS) is 16.7. The van der Waals surface area contributed by atoms with Crippen molar-refractivity contribution in [2.75, 3.05) is 14.1 Å². The summed E-state index contributed by atoms with van der Waals surface area (Å²) >= 11 is 10.3. The maximum absolute atomic E-state index is 5.18. The largest absolute Gasteiger partial charge is 0.364 e. The highest BCUT2D eigenvalue weighted by molar-refractivity contribution is 7.80. The molecule has 0 spiro atoms. The lowest BCUT2D eigenvalue weighted by Gasteiger charge is -2.31. The van der Waals surface area contributed by atoms with Crippen LogP contribution in [0.2, 0.25) is 0 Å². The molecule has 7 nitrogen and oxygen atoms in total. The summed E-state index contributed by atoms with van der Waals surface area (Å²) in [4.78, 5) is 4.32. The van der Waals surface area contributed by atoms with Crippen molar-refractivity contribution in [1.82, 2.24) is 26.5 Å². The SMILES string of the molecule is CNC(=S)N/N=C(\C(C)=N\NC(=S)NC)C1(c2cccnc2)CCCC1. The Bertz CT molecular complexity index is 694. The van der Waals surface area contributed by atoms with Crippen LogP contribution < -0.4 is 21.5 Å². The molecule has 1 aromatic heterocycles. The average Bonchev–Trinajstić information content (AvgIpc) is 3.17. The topological polar surface area (TPSA) is 85.7 Å². The van der Waals surface area contributed by atoms with Crippen LogP contribution in [0.25, 0.3) is 0 Å². The van der Waals surface area contributed by atoms with E-state index in [1.807, 2.05) is 19.2 Å². The summed E-state index contributed by atoms with van der Waals surface area (Å²) in [5.41, 5.74) is 8.24. The first-order valence-electron chi connectivity index (χ1n) is 8.52. The van der Waals surface area contributed by atoms with Gasteiger partial charge in [0.15, 0.2) is 10.2 Å². The van der Waals surface area contributed by atoms with Crippen LogP contribution in [0.3, 0.4) is 0 Å². The van der Waals surface area contributed by atoms with Crippen LogP contribution in [0.15, 0.2) is 34.7 Å². The van der Waals surface area contributed by atoms with Gasteiger partial charge in [-0.3, -0.25) is 15.8 Å². The summed E-state index contributed by atoms with van der Waals surface area (Å²) in [6.45, 7) is 1.92. The van der Waals surface area contributed by atoms with Gasteiger partial charge in [-0.2, -0.15) is 10.2 Å². The van der Waals surface area contributed by atoms with Crippen LogP contribution in [0.1, 0.15) is 38.2 Å². The predicted octanol–water partition coefficient (Wildman–Crippen LogP) is 1.81. The molecule has 1 aliphatic carbocycles. The molecule has 26 heavy (non-hydrogen) atoms. The van der Waals surface area contributed by atoms with E-state index in [0.717, 1.165) is 42.7 Å². The first kappa shape index (κ1) is 20.2. The zero-order valence-electron chi connectivity index (χ0n) is 15.3. The van der Waals surface area contributed by atoms with Crippen LogP contribution in [-0.2, 0) is 5.41 Å². The van der Waals surface area contributed by atoms with Gasteiger partial charge in [-0.1, -0.05) is 18.9 Å². The average molecular weight is 392 g/mol. The first-order chi connectivity index (χ1) is 12.5. The third kappa shape index (κ3) is 4.73. The molecule has 1 aromatic rings. The fourth-order valence-corrected chi connectivity index (χ4v) is 3.32. The van der Waals surface area contributed by atoms with Gasteiger partial charge in [0.25, 0.3) is 0 Å². The smallest absolute Gasteiger partial charge is 0.186 e. The van der Waals surface area contributed by atoms with Crippen LogP contribution in [0.4, 0.5) is 0 Å². The molecule has 0 amide bonds. The lowest BCUT2D eigenvalue weighted by atomic mass is 9.74. The molecule has 1 aliphatic rings. The summed E-state index contributed by atoms with van der Waals surface area (Å²) in [6, 6.07) is 4.06. The zero-order valence-corrected chi connectivity index (χ0v) is 16.9. The second-order valence-corrected chi connectivity index (χ2v) is 6.89. The van der Waals surface area contributed by atoms with Crippen LogP contribution in [-0.4, -0.2) is 40.7 Å². The van der Waals surface area contributed by atoms with Gasteiger partial charge in [-0.15, -0.1) is 0 Å². The molecule has 0 saturated heterocycles. The Kier molecular flexibility index (Phi) is 7.40. The number of pyridine rings is 1. The van der Waals surface area contributed by atoms with E-state index < -0.39 is 0 Å². The second-order valence-electron chi connectivity index (χ2n) is 6.07. The van der Waals surface area contributed by atoms with Crippen molar-refractivity contribution in [3.63, 3.8) is 0 Å². The van der Waals surface area contributed by atoms with E-state index in [4.69, 9.17) is 24.4 Å². The van der Waals surface area contributed by atoms with Gasteiger partial charge in [0.2, 0.25) is 0 Å². The molecule has 0 aromatic carbocycles. The Hall–Kier alpha value is -2.13. The lowest BCUT2D eigenvalue weighted by Crippen LogP contribution is -2.42. The van der Waals surface area contributed by atoms with E-state index in [1.165, 1.54) is 0 Å². The number of nitrogens with zero attached hydrogens (tertiary/aromatic N) is 3. The van der Waals surface area contributed by atoms with Gasteiger partial charge in [0.1, 0.15) is 0 Å². The lowest BCUT2D eigenvalue weighted by molar-refractivity contribution is 0.596. The molecule has 0 radical (unpaired) electrons. The molecule has 0 atom stereocenters. The van der Waals surface area contributed by atoms with Gasteiger partial charge in [0, 0.05) is 31.9 Å². The van der Waals surface area contributed by atoms with E-state index in [1.54, 1.807) is 20.3 Å². The molecule has 1 heterocycles. The Morgan fingerprint density at radius 1 is 1.08 bits per heavy atom. The van der Waals surface area contributed by atoms with Crippen molar-refractivity contribution in [1.29, 1.82) is 0 Å². The van der Waals surface area contributed by atoms with Gasteiger partial charge in [-0.25, -0.2) is 0 Å². The highest BCUT2D eigenvalue weighted by Crippen LogP contribution is 2.42. The molecule has 1 fully saturated rings. The number of hydrogen-bond donors (Lipinski definition) is 4. The van der Waals surface area contributed by atoms with E-state index in [9.17, 15) is 0 Å². The Morgan fingerprint density at radius 2 is 1.69 bits per heavy atom. The van der Waals surface area contributed by atoms with Crippen molar-refractivity contribution in [2.45, 2.75) is 38.0 Å². The maximum atomic E-state index is 5.18. The number of hydrogen-bond acceptors (Lipinski definition) is 5. The van der Waals surface area contributed by atoms with E-state index in [-0.39, 0.29) is 5.41 Å². The van der Waals surface area contributed by atoms with E-state index in [2.05, 4.69) is 42.7 Å². The van der Waals surface area contributed by atoms with Gasteiger partial charge >= 0.3 is 0 Å². The summed E-state index contributed by atoms with van der Waals surface area (Å²) in [5.74, 6) is 0. The summed E-state index contributed by atoms with van der Waals surface area (Å²) < 4.78 is 0. The number of thiocarbonyl (C=S) groups is 2. The zero-order chi connectivity index (χ0) is 19.0. The fraction of sp³-hybridized carbons (Fsp3) is 0.471. The van der Waals surface area contributed by atoms with Crippen molar-refractivity contribution in [2.24, 2.45) is 10.2 Å². The number of nitrogens with one attached hydrogen (secondary N) is 4. The Labute approximate surface area is 165 Å². The van der Waals surface area contributed by atoms with Gasteiger partial charge in [-0.05, 0) is 55.8 Å². The summed E-state index contributed by atoms with van der Waals surface area (Å²) in [6.07, 6.45) is 7.91. The number of aromatic nitrogens is 1. The third-order valence-corrected chi connectivity index (χ3v) is 5.11. The van der Waals surface area contributed by atoms with Crippen LogP contribution in [0, 0.1) is 0 Å². The molecule has 1 saturated carbocycles. The van der Waals surface area contributed by atoms with E-state index in [0.29, 0.717) is 10.2 Å². The predicted molar refractivity (Wildman–Crippen MR) is 115 cm³/mol. The summed E-state index contributed by atoms with van der Waals surface area (Å²) in [5, 5.41) is 15.7. The molecular weight excluding hydrogens is 366 g/mol. The quantitative estimate of drug-likeness (QED) is 0.346. The maximum Gasteiger partial charge on any atom is 0.186 e. The molecule has 2 rings (SSSR count). The first-order valence-corrected chi connectivity index (χ1v) is 9.34. The molecule has 9 heteroatoms. The van der Waals surface area contributed by atoms with Gasteiger partial charge < -0.3 is 10.6 Å². The molecule has 0 unspecified atom stereocenters. The monoisotopic (exact) mass is 391 g/mol. The molecule has 4 N–H and O–H groups in total. The minimum atomic E-state index is -0.249. The Morgan fingerprint density at radius 3 is 2.23 bits per heavy atom. The number of hydrazone groups is 2. The fourth-order valence-electron chi connectivity index (χ4n) is 3.23. The standard InChI is InChI=1S/C17H25N7S2/c1-12(21-23-15(25)18-2)14(22-24-16(26)19-3)17(8-4-5-9-17)13-7-6-10-20-11-13/h6-7,10-11H,4-5,8-9H2,1-3H3,(H2,18,23,25)(H2,19,24,26)/b21-12+,22-14+. The molecule has 0 aliphatic heterocycles. The third-order valence-electron chi connectivity index (χ3n) is 4.52. The van der Waals surface area contributed by atoms with Crippen molar-refractivity contribution in [3.8, 4) is 0 Å². The minimum absolute atomic E-state index is 0.249.